The van der Waals surface area contributed by atoms with E-state index in [0.29, 0.717) is 0 Å². The van der Waals surface area contributed by atoms with Crippen molar-refractivity contribution >= 4 is 137 Å². The number of fused-ring (bicyclic) bond motifs is 7. The molecule has 16 rings (SSSR count). The molecule has 3 nitrogen and oxygen atoms in total. The number of para-hydroxylation sites is 5. The zero-order valence-electron chi connectivity index (χ0n) is 46.3. The summed E-state index contributed by atoms with van der Waals surface area (Å²) in [5, 5.41) is 13.2. The first-order valence-electron chi connectivity index (χ1n) is 29.2. The minimum absolute atomic E-state index is 0.119. The summed E-state index contributed by atoms with van der Waals surface area (Å²) in [7, 11) is -6.12. The number of benzene rings is 13. The Morgan fingerprint density at radius 2 is 0.619 bits per heavy atom. The fourth-order valence-electron chi connectivity index (χ4n) is 14.7. The second kappa shape index (κ2) is 20.3. The highest BCUT2D eigenvalue weighted by atomic mass is 28.3. The van der Waals surface area contributed by atoms with Gasteiger partial charge in [0.1, 0.15) is 0 Å². The molecule has 0 saturated heterocycles. The maximum Gasteiger partial charge on any atom is 0.252 e. The minimum atomic E-state index is -3.12. The second-order valence-electron chi connectivity index (χ2n) is 22.3. The van der Waals surface area contributed by atoms with E-state index in [1.165, 1.54) is 96.8 Å². The molecular weight excluding hydrogens is 1050 g/mol. The number of rotatable bonds is 11. The molecule has 0 amide bonds. The molecule has 2 aliphatic heterocycles. The summed E-state index contributed by atoms with van der Waals surface area (Å²) in [4.78, 5) is 5.27. The van der Waals surface area contributed by atoms with Gasteiger partial charge in [0.15, 0.2) is 16.1 Å². The van der Waals surface area contributed by atoms with E-state index in [1.54, 1.807) is 0 Å². The average molecular weight is 1100 g/mol. The van der Waals surface area contributed by atoms with Gasteiger partial charge in [-0.15, -0.1) is 0 Å². The van der Waals surface area contributed by atoms with E-state index < -0.39 is 16.1 Å². The van der Waals surface area contributed by atoms with Crippen LogP contribution in [-0.2, 0) is 0 Å². The summed E-state index contributed by atoms with van der Waals surface area (Å²) >= 11 is 0. The van der Waals surface area contributed by atoms with E-state index >= 15 is 0 Å². The van der Waals surface area contributed by atoms with Crippen molar-refractivity contribution in [3.8, 4) is 5.69 Å². The van der Waals surface area contributed by atoms with Gasteiger partial charge in [-0.2, -0.15) is 0 Å². The molecule has 0 radical (unpaired) electrons. The molecule has 0 atom stereocenters. The Balaban J connectivity index is 1.05. The van der Waals surface area contributed by atoms with Crippen LogP contribution in [-0.4, -0.2) is 27.4 Å². The molecular formula is C78H56BN3Si2. The molecule has 0 bridgehead atoms. The Labute approximate surface area is 493 Å². The average Bonchev–Trinajstić information content (AvgIpc) is 1.16. The SMILES string of the molecule is c1ccc(N2c3cc([Si](c4ccccc4)(c4ccccc4)c4ccccc4)ccc3B3c4ccccc4N(c4ccccc4[Si](c4ccccc4)(c4ccccc4)c4ccccc4)c4cc(-n5c6ccccc6c6ccccc65)cc2c43)cc1. The number of hydrogen-bond donors (Lipinski definition) is 0. The van der Waals surface area contributed by atoms with Crippen molar-refractivity contribution in [3.05, 3.63) is 340 Å². The second-order valence-corrected chi connectivity index (χ2v) is 29.8. The van der Waals surface area contributed by atoms with Gasteiger partial charge in [-0.1, -0.05) is 285 Å². The van der Waals surface area contributed by atoms with Crippen LogP contribution in [0.15, 0.2) is 340 Å². The van der Waals surface area contributed by atoms with Crippen molar-refractivity contribution in [2.24, 2.45) is 0 Å². The van der Waals surface area contributed by atoms with Gasteiger partial charge in [0.05, 0.1) is 16.7 Å². The lowest BCUT2D eigenvalue weighted by atomic mass is 9.33. The van der Waals surface area contributed by atoms with E-state index in [-0.39, 0.29) is 6.71 Å². The van der Waals surface area contributed by atoms with Crippen LogP contribution >= 0.6 is 0 Å². The highest BCUT2D eigenvalue weighted by Gasteiger charge is 2.49. The zero-order valence-corrected chi connectivity index (χ0v) is 48.3. The van der Waals surface area contributed by atoms with Gasteiger partial charge in [-0.05, 0) is 112 Å². The molecule has 13 aromatic carbocycles. The van der Waals surface area contributed by atoms with Gasteiger partial charge in [-0.25, -0.2) is 0 Å². The van der Waals surface area contributed by atoms with Crippen molar-refractivity contribution in [2.75, 3.05) is 9.80 Å². The first-order chi connectivity index (χ1) is 41.7. The molecule has 1 aromatic heterocycles. The standard InChI is InChI=1S/C78H56BN3Si2/c1-8-30-57(31-9-1)80-74-56-65(83(59-32-10-2-11-33-59,60-34-12-3-13-35-60)61-36-14-4-15-37-61)52-53-69(74)79-68-46-24-27-49-72(68)82(76-55-58(54-75(80)78(76)79)81-70-47-25-22-44-66(70)67-45-23-26-48-71(67)81)73-50-28-29-51-77(73)84(62-38-16-5-17-39-62,63-40-18-6-19-41-63)64-42-20-7-21-43-64/h1-56H. The summed E-state index contributed by atoms with van der Waals surface area (Å²) in [6.07, 6.45) is 0. The number of anilines is 6. The largest absolute Gasteiger partial charge is 0.311 e. The third kappa shape index (κ3) is 7.51. The highest BCUT2D eigenvalue weighted by molar-refractivity contribution is 7.21. The summed E-state index contributed by atoms with van der Waals surface area (Å²) in [6, 6.07) is 128. The van der Waals surface area contributed by atoms with E-state index in [1.807, 2.05) is 0 Å². The lowest BCUT2D eigenvalue weighted by Crippen LogP contribution is -2.75. The Kier molecular flexibility index (Phi) is 12.0. The van der Waals surface area contributed by atoms with Gasteiger partial charge in [0, 0.05) is 44.9 Å². The predicted octanol–water partition coefficient (Wildman–Crippen LogP) is 11.6. The molecule has 0 fully saturated rings. The Bertz CT molecular complexity index is 4490. The minimum Gasteiger partial charge on any atom is -0.311 e. The van der Waals surface area contributed by atoms with Crippen LogP contribution in [0.5, 0.6) is 0 Å². The number of hydrogen-bond acceptors (Lipinski definition) is 2. The summed E-state index contributed by atoms with van der Waals surface area (Å²) in [5.41, 5.74) is 14.2. The molecule has 0 saturated carbocycles. The molecule has 6 heteroatoms. The summed E-state index contributed by atoms with van der Waals surface area (Å²) < 4.78 is 2.52. The number of nitrogens with zero attached hydrogens (tertiary/aromatic N) is 3. The smallest absolute Gasteiger partial charge is 0.252 e. The van der Waals surface area contributed by atoms with Gasteiger partial charge in [0.2, 0.25) is 0 Å². The van der Waals surface area contributed by atoms with Crippen LogP contribution in [0.2, 0.25) is 0 Å². The lowest BCUT2D eigenvalue weighted by Gasteiger charge is -2.46. The molecule has 3 heterocycles. The van der Waals surface area contributed by atoms with Crippen LogP contribution in [0.25, 0.3) is 27.5 Å². The van der Waals surface area contributed by atoms with Crippen molar-refractivity contribution in [2.45, 2.75) is 0 Å². The molecule has 0 unspecified atom stereocenters. The predicted molar refractivity (Wildman–Crippen MR) is 362 cm³/mol. The van der Waals surface area contributed by atoms with E-state index in [2.05, 4.69) is 354 Å². The first-order valence-corrected chi connectivity index (χ1v) is 33.2. The molecule has 14 aromatic rings. The fraction of sp³-hybridized carbons (Fsp3) is 0. The van der Waals surface area contributed by atoms with Gasteiger partial charge in [0.25, 0.3) is 6.71 Å². The van der Waals surface area contributed by atoms with E-state index in [4.69, 9.17) is 0 Å². The lowest BCUT2D eigenvalue weighted by molar-refractivity contribution is 1.16. The highest BCUT2D eigenvalue weighted by Crippen LogP contribution is 2.46. The fourth-order valence-corrected chi connectivity index (χ4v) is 24.4. The number of aromatic nitrogens is 1. The Morgan fingerprint density at radius 1 is 0.238 bits per heavy atom. The monoisotopic (exact) mass is 1100 g/mol. The Morgan fingerprint density at radius 3 is 1.12 bits per heavy atom. The first kappa shape index (κ1) is 49.6. The van der Waals surface area contributed by atoms with Gasteiger partial charge < -0.3 is 14.4 Å². The maximum atomic E-state index is 2.66. The van der Waals surface area contributed by atoms with Gasteiger partial charge in [-0.3, -0.25) is 0 Å². The van der Waals surface area contributed by atoms with Crippen molar-refractivity contribution in [3.63, 3.8) is 0 Å². The molecule has 394 valence electrons. The van der Waals surface area contributed by atoms with Crippen molar-refractivity contribution in [1.29, 1.82) is 0 Å². The maximum absolute atomic E-state index is 3.12. The molecule has 0 spiro atoms. The molecule has 0 N–H and O–H groups in total. The van der Waals surface area contributed by atoms with E-state index in [0.717, 1.165) is 22.7 Å². The van der Waals surface area contributed by atoms with Crippen LogP contribution in [0.1, 0.15) is 0 Å². The summed E-state index contributed by atoms with van der Waals surface area (Å²) in [5.74, 6) is 0. The molecule has 84 heavy (non-hydrogen) atoms. The van der Waals surface area contributed by atoms with E-state index in [9.17, 15) is 0 Å². The van der Waals surface area contributed by atoms with Crippen LogP contribution in [0.3, 0.4) is 0 Å². The van der Waals surface area contributed by atoms with Crippen molar-refractivity contribution < 1.29 is 0 Å². The Hall–Kier alpha value is -10.2. The van der Waals surface area contributed by atoms with Crippen molar-refractivity contribution in [1.82, 2.24) is 4.57 Å². The quantitative estimate of drug-likeness (QED) is 0.0945. The molecule has 2 aliphatic rings. The van der Waals surface area contributed by atoms with Crippen LogP contribution in [0.4, 0.5) is 34.1 Å². The van der Waals surface area contributed by atoms with Crippen LogP contribution < -0.4 is 67.7 Å². The normalized spacial score (nSPS) is 12.7. The third-order valence-corrected chi connectivity index (χ3v) is 27.6. The van der Waals surface area contributed by atoms with Crippen LogP contribution in [0, 0.1) is 0 Å². The topological polar surface area (TPSA) is 11.4 Å². The summed E-state index contributed by atoms with van der Waals surface area (Å²) in [6.45, 7) is -0.119. The zero-order chi connectivity index (χ0) is 55.6. The third-order valence-electron chi connectivity index (χ3n) is 18.0. The molecule has 0 aliphatic carbocycles. The van der Waals surface area contributed by atoms with Gasteiger partial charge >= 0.3 is 0 Å².